The lowest BCUT2D eigenvalue weighted by atomic mass is 10.1. The summed E-state index contributed by atoms with van der Waals surface area (Å²) >= 11 is 3.03. The van der Waals surface area contributed by atoms with Crippen molar-refractivity contribution >= 4 is 26.0 Å². The normalized spacial score (nSPS) is 13.3. The lowest BCUT2D eigenvalue weighted by Gasteiger charge is -2.13. The molecule has 0 saturated carbocycles. The van der Waals surface area contributed by atoms with Crippen molar-refractivity contribution in [3.05, 3.63) is 46.6 Å². The molecule has 2 aromatic rings. The zero-order valence-corrected chi connectivity index (χ0v) is 13.0. The van der Waals surface area contributed by atoms with Gasteiger partial charge >= 0.3 is 0 Å². The molecule has 2 N–H and O–H groups in total. The van der Waals surface area contributed by atoms with E-state index in [9.17, 15) is 8.42 Å². The summed E-state index contributed by atoms with van der Waals surface area (Å²) < 4.78 is 32.2. The van der Waals surface area contributed by atoms with Gasteiger partial charge in [-0.3, -0.25) is 4.98 Å². The third kappa shape index (κ3) is 3.26. The Labute approximate surface area is 125 Å². The second-order valence-corrected chi connectivity index (χ2v) is 6.53. The maximum absolute atomic E-state index is 12.3. The molecular formula is C12H13BrN2O4S. The van der Waals surface area contributed by atoms with E-state index in [4.69, 9.17) is 9.52 Å². The highest BCUT2D eigenvalue weighted by molar-refractivity contribution is 9.10. The summed E-state index contributed by atoms with van der Waals surface area (Å²) in [4.78, 5) is 3.84. The zero-order chi connectivity index (χ0) is 14.8. The van der Waals surface area contributed by atoms with E-state index in [1.807, 2.05) is 0 Å². The first kappa shape index (κ1) is 15.2. The van der Waals surface area contributed by atoms with E-state index < -0.39 is 16.1 Å². The summed E-state index contributed by atoms with van der Waals surface area (Å²) in [5, 5.41) is 8.96. The monoisotopic (exact) mass is 360 g/mol. The Bertz CT molecular complexity index is 685. The van der Waals surface area contributed by atoms with Crippen molar-refractivity contribution in [1.82, 2.24) is 9.71 Å². The number of nitrogens with one attached hydrogen (secondary N) is 1. The summed E-state index contributed by atoms with van der Waals surface area (Å²) in [7, 11) is -3.75. The van der Waals surface area contributed by atoms with Crippen LogP contribution in [0.1, 0.15) is 24.3 Å². The van der Waals surface area contributed by atoms with Gasteiger partial charge in [-0.1, -0.05) is 0 Å². The van der Waals surface area contributed by atoms with Crippen molar-refractivity contribution in [2.24, 2.45) is 0 Å². The Hall–Kier alpha value is -1.22. The number of furan rings is 1. The number of aliphatic hydroxyl groups excluding tert-OH is 1. The first-order chi connectivity index (χ1) is 9.44. The number of rotatable bonds is 5. The molecule has 0 saturated heterocycles. The van der Waals surface area contributed by atoms with Crippen LogP contribution in [-0.4, -0.2) is 18.5 Å². The maximum atomic E-state index is 12.3. The highest BCUT2D eigenvalue weighted by Gasteiger charge is 2.24. The third-order valence-corrected chi connectivity index (χ3v) is 5.09. The van der Waals surface area contributed by atoms with Crippen LogP contribution in [0.3, 0.4) is 0 Å². The average molecular weight is 361 g/mol. The van der Waals surface area contributed by atoms with Gasteiger partial charge in [0.05, 0.1) is 0 Å². The zero-order valence-electron chi connectivity index (χ0n) is 10.6. The number of pyridine rings is 1. The van der Waals surface area contributed by atoms with E-state index in [0.717, 1.165) is 5.56 Å². The van der Waals surface area contributed by atoms with Crippen molar-refractivity contribution < 1.29 is 17.9 Å². The minimum atomic E-state index is -3.75. The lowest BCUT2D eigenvalue weighted by molar-refractivity contribution is 0.245. The predicted octanol–water partition coefficient (Wildman–Crippen LogP) is 1.97. The standard InChI is InChI=1S/C12H13BrN2O4S/c1-8(9-2-4-14-5-3-9)15-20(17,18)11-6-10(7-16)19-12(11)13/h2-6,8,15-16H,7H2,1H3. The molecule has 108 valence electrons. The van der Waals surface area contributed by atoms with E-state index in [1.54, 1.807) is 31.5 Å². The first-order valence-electron chi connectivity index (χ1n) is 5.75. The van der Waals surface area contributed by atoms with Crippen molar-refractivity contribution in [3.8, 4) is 0 Å². The van der Waals surface area contributed by atoms with Crippen LogP contribution in [0.15, 0.2) is 44.6 Å². The van der Waals surface area contributed by atoms with Crippen LogP contribution in [0, 0.1) is 0 Å². The van der Waals surface area contributed by atoms with Crippen molar-refractivity contribution in [3.63, 3.8) is 0 Å². The summed E-state index contributed by atoms with van der Waals surface area (Å²) in [6.45, 7) is 1.36. The molecule has 0 aromatic carbocycles. The fourth-order valence-electron chi connectivity index (χ4n) is 1.68. The highest BCUT2D eigenvalue weighted by atomic mass is 79.9. The summed E-state index contributed by atoms with van der Waals surface area (Å²) in [5.74, 6) is 0.175. The Kier molecular flexibility index (Phi) is 4.59. The van der Waals surface area contributed by atoms with Gasteiger partial charge in [0, 0.05) is 24.5 Å². The van der Waals surface area contributed by atoms with Crippen LogP contribution < -0.4 is 4.72 Å². The lowest BCUT2D eigenvalue weighted by Crippen LogP contribution is -2.26. The second-order valence-electron chi connectivity index (χ2n) is 4.13. The van der Waals surface area contributed by atoms with Crippen molar-refractivity contribution in [2.45, 2.75) is 24.5 Å². The molecule has 0 radical (unpaired) electrons. The topological polar surface area (TPSA) is 92.4 Å². The van der Waals surface area contributed by atoms with Gasteiger partial charge < -0.3 is 9.52 Å². The highest BCUT2D eigenvalue weighted by Crippen LogP contribution is 2.27. The minimum Gasteiger partial charge on any atom is -0.450 e. The number of nitrogens with zero attached hydrogens (tertiary/aromatic N) is 1. The predicted molar refractivity (Wildman–Crippen MR) is 75.3 cm³/mol. The molecule has 1 atom stereocenters. The molecule has 0 aliphatic rings. The van der Waals surface area contributed by atoms with Gasteiger partial charge in [-0.25, -0.2) is 13.1 Å². The number of hydrogen-bond donors (Lipinski definition) is 2. The van der Waals surface area contributed by atoms with Crippen LogP contribution in [0.25, 0.3) is 0 Å². The molecule has 0 aliphatic heterocycles. The molecular weight excluding hydrogens is 348 g/mol. The minimum absolute atomic E-state index is 0.0394. The molecule has 0 fully saturated rings. The van der Waals surface area contributed by atoms with Gasteiger partial charge in [-0.15, -0.1) is 0 Å². The van der Waals surface area contributed by atoms with E-state index >= 15 is 0 Å². The molecule has 8 heteroatoms. The van der Waals surface area contributed by atoms with Crippen LogP contribution in [0.4, 0.5) is 0 Å². The molecule has 0 bridgehead atoms. The Morgan fingerprint density at radius 2 is 2.10 bits per heavy atom. The fourth-order valence-corrected chi connectivity index (χ4v) is 3.91. The first-order valence-corrected chi connectivity index (χ1v) is 8.03. The van der Waals surface area contributed by atoms with Crippen LogP contribution in [-0.2, 0) is 16.6 Å². The number of hydrogen-bond acceptors (Lipinski definition) is 5. The molecule has 0 spiro atoms. The number of aliphatic hydroxyl groups is 1. The molecule has 0 aliphatic carbocycles. The molecule has 2 heterocycles. The number of sulfonamides is 1. The van der Waals surface area contributed by atoms with Crippen molar-refractivity contribution in [1.29, 1.82) is 0 Å². The van der Waals surface area contributed by atoms with E-state index in [-0.39, 0.29) is 21.9 Å². The SMILES string of the molecule is CC(NS(=O)(=O)c1cc(CO)oc1Br)c1ccncc1. The second kappa shape index (κ2) is 6.04. The molecule has 0 amide bonds. The van der Waals surface area contributed by atoms with Gasteiger partial charge in [-0.05, 0) is 40.5 Å². The van der Waals surface area contributed by atoms with Crippen molar-refractivity contribution in [2.75, 3.05) is 0 Å². The van der Waals surface area contributed by atoms with Crippen LogP contribution >= 0.6 is 15.9 Å². The quantitative estimate of drug-likeness (QED) is 0.850. The molecule has 6 nitrogen and oxygen atoms in total. The van der Waals surface area contributed by atoms with Crippen LogP contribution in [0.2, 0.25) is 0 Å². The summed E-state index contributed by atoms with van der Waals surface area (Å²) in [5.41, 5.74) is 0.797. The van der Waals surface area contributed by atoms with Gasteiger partial charge in [0.15, 0.2) is 4.67 Å². The maximum Gasteiger partial charge on any atom is 0.245 e. The number of aromatic nitrogens is 1. The molecule has 1 unspecified atom stereocenters. The molecule has 2 aromatic heterocycles. The smallest absolute Gasteiger partial charge is 0.245 e. The Morgan fingerprint density at radius 1 is 1.45 bits per heavy atom. The molecule has 20 heavy (non-hydrogen) atoms. The Morgan fingerprint density at radius 3 is 2.65 bits per heavy atom. The van der Waals surface area contributed by atoms with Gasteiger partial charge in [0.25, 0.3) is 0 Å². The van der Waals surface area contributed by atoms with E-state index in [0.29, 0.717) is 0 Å². The largest absolute Gasteiger partial charge is 0.450 e. The van der Waals surface area contributed by atoms with Gasteiger partial charge in [-0.2, -0.15) is 0 Å². The summed E-state index contributed by atoms with van der Waals surface area (Å²) in [6, 6.07) is 4.33. The summed E-state index contributed by atoms with van der Waals surface area (Å²) in [6.07, 6.45) is 3.19. The van der Waals surface area contributed by atoms with E-state index in [1.165, 1.54) is 6.07 Å². The Balaban J connectivity index is 2.25. The third-order valence-electron chi connectivity index (χ3n) is 2.69. The molecule has 2 rings (SSSR count). The van der Waals surface area contributed by atoms with E-state index in [2.05, 4.69) is 25.6 Å². The average Bonchev–Trinajstić information content (AvgIpc) is 2.81. The fraction of sp³-hybridized carbons (Fsp3) is 0.250. The van der Waals surface area contributed by atoms with Gasteiger partial charge in [0.2, 0.25) is 10.0 Å². The van der Waals surface area contributed by atoms with Crippen LogP contribution in [0.5, 0.6) is 0 Å². The van der Waals surface area contributed by atoms with Gasteiger partial charge in [0.1, 0.15) is 17.3 Å². The number of halogens is 1.